The third kappa shape index (κ3) is 3.13. The summed E-state index contributed by atoms with van der Waals surface area (Å²) in [7, 11) is -2.42. The summed E-state index contributed by atoms with van der Waals surface area (Å²) in [5.74, 6) is 1.31. The van der Waals surface area contributed by atoms with Crippen molar-refractivity contribution in [1.82, 2.24) is 24.8 Å². The number of carbonyl (C=O) groups excluding carboxylic acids is 1. The van der Waals surface area contributed by atoms with Crippen molar-refractivity contribution in [3.05, 3.63) is 29.5 Å². The Bertz CT molecular complexity index is 823. The van der Waals surface area contributed by atoms with E-state index in [4.69, 9.17) is 4.42 Å². The SMILES string of the molecule is CNS(=O)(=O)c1ccc(C(=O)NCCc2nnc3n2CCC3)o1. The summed E-state index contributed by atoms with van der Waals surface area (Å²) < 4.78 is 32.4. The molecule has 10 heteroatoms. The van der Waals surface area contributed by atoms with Gasteiger partial charge in [0.25, 0.3) is 15.9 Å². The zero-order valence-electron chi connectivity index (χ0n) is 12.6. The highest BCUT2D eigenvalue weighted by Crippen LogP contribution is 2.15. The first-order chi connectivity index (χ1) is 11.0. The second-order valence-electron chi connectivity index (χ2n) is 5.12. The molecule has 0 aromatic carbocycles. The topological polar surface area (TPSA) is 119 Å². The largest absolute Gasteiger partial charge is 0.438 e. The molecule has 2 aromatic heterocycles. The highest BCUT2D eigenvalue weighted by atomic mass is 32.2. The zero-order valence-corrected chi connectivity index (χ0v) is 13.4. The van der Waals surface area contributed by atoms with Crippen molar-refractivity contribution in [2.75, 3.05) is 13.6 Å². The third-order valence-corrected chi connectivity index (χ3v) is 4.95. The van der Waals surface area contributed by atoms with Gasteiger partial charge < -0.3 is 14.3 Å². The number of rotatable bonds is 6. The summed E-state index contributed by atoms with van der Waals surface area (Å²) in [6.45, 7) is 1.28. The number of aryl methyl sites for hydroxylation is 1. The van der Waals surface area contributed by atoms with Gasteiger partial charge in [0.15, 0.2) is 5.76 Å². The summed E-state index contributed by atoms with van der Waals surface area (Å²) in [6, 6.07) is 2.57. The molecule has 9 nitrogen and oxygen atoms in total. The highest BCUT2D eigenvalue weighted by molar-refractivity contribution is 7.89. The molecule has 0 radical (unpaired) electrons. The Labute approximate surface area is 133 Å². The van der Waals surface area contributed by atoms with E-state index in [0.29, 0.717) is 13.0 Å². The molecule has 2 aromatic rings. The number of furan rings is 1. The summed E-state index contributed by atoms with van der Waals surface area (Å²) in [4.78, 5) is 12.0. The van der Waals surface area contributed by atoms with Gasteiger partial charge in [0.2, 0.25) is 5.09 Å². The van der Waals surface area contributed by atoms with E-state index < -0.39 is 15.9 Å². The summed E-state index contributed by atoms with van der Waals surface area (Å²) in [5.41, 5.74) is 0. The van der Waals surface area contributed by atoms with Crippen LogP contribution in [0.2, 0.25) is 0 Å². The lowest BCUT2D eigenvalue weighted by molar-refractivity contribution is 0.0921. The number of hydrogen-bond donors (Lipinski definition) is 2. The molecular weight excluding hydrogens is 322 g/mol. The maximum absolute atomic E-state index is 12.0. The first-order valence-corrected chi connectivity index (χ1v) is 8.72. The normalized spacial score (nSPS) is 14.0. The predicted molar refractivity (Wildman–Crippen MR) is 79.3 cm³/mol. The van der Waals surface area contributed by atoms with Gasteiger partial charge in [-0.1, -0.05) is 0 Å². The number of nitrogens with zero attached hydrogens (tertiary/aromatic N) is 3. The van der Waals surface area contributed by atoms with Crippen molar-refractivity contribution in [3.8, 4) is 0 Å². The van der Waals surface area contributed by atoms with Crippen molar-refractivity contribution < 1.29 is 17.6 Å². The van der Waals surface area contributed by atoms with Crippen LogP contribution >= 0.6 is 0 Å². The molecule has 0 saturated heterocycles. The van der Waals surface area contributed by atoms with Gasteiger partial charge in [-0.2, -0.15) is 0 Å². The van der Waals surface area contributed by atoms with Crippen molar-refractivity contribution in [1.29, 1.82) is 0 Å². The Balaban J connectivity index is 1.57. The molecule has 0 spiro atoms. The molecule has 0 bridgehead atoms. The number of aromatic nitrogens is 3. The third-order valence-electron chi connectivity index (χ3n) is 3.66. The predicted octanol–water partition coefficient (Wildman–Crippen LogP) is -0.302. The van der Waals surface area contributed by atoms with Gasteiger partial charge in [-0.15, -0.1) is 10.2 Å². The van der Waals surface area contributed by atoms with E-state index >= 15 is 0 Å². The molecule has 3 heterocycles. The van der Waals surface area contributed by atoms with E-state index in [1.165, 1.54) is 19.2 Å². The van der Waals surface area contributed by atoms with E-state index in [-0.39, 0.29) is 10.9 Å². The van der Waals surface area contributed by atoms with E-state index in [0.717, 1.165) is 31.0 Å². The Hall–Kier alpha value is -2.20. The van der Waals surface area contributed by atoms with Gasteiger partial charge in [-0.05, 0) is 25.6 Å². The monoisotopic (exact) mass is 339 g/mol. The molecular formula is C13H17N5O4S. The summed E-state index contributed by atoms with van der Waals surface area (Å²) in [6.07, 6.45) is 2.56. The molecule has 0 atom stereocenters. The lowest BCUT2D eigenvalue weighted by Gasteiger charge is -2.04. The van der Waals surface area contributed by atoms with Crippen LogP contribution in [0.4, 0.5) is 0 Å². The van der Waals surface area contributed by atoms with Crippen molar-refractivity contribution in [2.24, 2.45) is 0 Å². The van der Waals surface area contributed by atoms with Gasteiger partial charge >= 0.3 is 0 Å². The van der Waals surface area contributed by atoms with Gasteiger partial charge in [-0.25, -0.2) is 13.1 Å². The number of hydrogen-bond acceptors (Lipinski definition) is 6. The molecule has 1 amide bonds. The number of sulfonamides is 1. The van der Waals surface area contributed by atoms with Crippen molar-refractivity contribution in [3.63, 3.8) is 0 Å². The van der Waals surface area contributed by atoms with E-state index in [1.54, 1.807) is 0 Å². The van der Waals surface area contributed by atoms with Crippen LogP contribution in [0, 0.1) is 0 Å². The first-order valence-electron chi connectivity index (χ1n) is 7.24. The van der Waals surface area contributed by atoms with Crippen LogP contribution in [0.25, 0.3) is 0 Å². The van der Waals surface area contributed by atoms with Crippen LogP contribution in [0.5, 0.6) is 0 Å². The minimum atomic E-state index is -3.69. The molecule has 2 N–H and O–H groups in total. The maximum atomic E-state index is 12.0. The first kappa shape index (κ1) is 15.7. The van der Waals surface area contributed by atoms with Crippen LogP contribution in [0.1, 0.15) is 28.6 Å². The number of carbonyl (C=O) groups is 1. The second-order valence-corrected chi connectivity index (χ2v) is 6.94. The van der Waals surface area contributed by atoms with Crippen LogP contribution in [0.15, 0.2) is 21.6 Å². The van der Waals surface area contributed by atoms with Gasteiger partial charge in [0.05, 0.1) is 0 Å². The molecule has 3 rings (SSSR count). The average molecular weight is 339 g/mol. The molecule has 23 heavy (non-hydrogen) atoms. The summed E-state index contributed by atoms with van der Waals surface area (Å²) >= 11 is 0. The molecule has 0 fully saturated rings. The van der Waals surface area contributed by atoms with Gasteiger partial charge in [-0.3, -0.25) is 4.79 Å². The van der Waals surface area contributed by atoms with Crippen LogP contribution in [-0.4, -0.2) is 42.7 Å². The minimum absolute atomic E-state index is 0.0507. The molecule has 1 aliphatic heterocycles. The van der Waals surface area contributed by atoms with Crippen LogP contribution < -0.4 is 10.0 Å². The summed E-state index contributed by atoms with van der Waals surface area (Å²) in [5, 5.41) is 10.6. The fourth-order valence-corrected chi connectivity index (χ4v) is 3.11. The molecule has 0 saturated carbocycles. The average Bonchev–Trinajstić information content (AvgIpc) is 3.24. The fraction of sp³-hybridized carbons (Fsp3) is 0.462. The smallest absolute Gasteiger partial charge is 0.287 e. The maximum Gasteiger partial charge on any atom is 0.287 e. The van der Waals surface area contributed by atoms with E-state index in [2.05, 4.69) is 24.8 Å². The highest BCUT2D eigenvalue weighted by Gasteiger charge is 2.20. The Morgan fingerprint density at radius 2 is 2.22 bits per heavy atom. The number of fused-ring (bicyclic) bond motifs is 1. The lowest BCUT2D eigenvalue weighted by Crippen LogP contribution is -2.26. The molecule has 124 valence electrons. The molecule has 0 aliphatic carbocycles. The zero-order chi connectivity index (χ0) is 16.4. The number of amides is 1. The quantitative estimate of drug-likeness (QED) is 0.745. The second kappa shape index (κ2) is 6.13. The van der Waals surface area contributed by atoms with Crippen molar-refractivity contribution >= 4 is 15.9 Å². The van der Waals surface area contributed by atoms with Crippen molar-refractivity contribution in [2.45, 2.75) is 30.9 Å². The van der Waals surface area contributed by atoms with Crippen LogP contribution in [0.3, 0.4) is 0 Å². The van der Waals surface area contributed by atoms with E-state index in [9.17, 15) is 13.2 Å². The Morgan fingerprint density at radius 3 is 3.00 bits per heavy atom. The lowest BCUT2D eigenvalue weighted by atomic mass is 10.3. The standard InChI is InChI=1S/C13H17N5O4S/c1-14-23(20,21)12-5-4-9(22-12)13(19)15-7-6-11-17-16-10-3-2-8-18(10)11/h4-5,14H,2-3,6-8H2,1H3,(H,15,19). The molecule has 0 unspecified atom stereocenters. The Morgan fingerprint density at radius 1 is 1.39 bits per heavy atom. The van der Waals surface area contributed by atoms with E-state index in [1.807, 2.05) is 0 Å². The molecule has 1 aliphatic rings. The van der Waals surface area contributed by atoms with Crippen LogP contribution in [-0.2, 0) is 29.4 Å². The number of nitrogens with one attached hydrogen (secondary N) is 2. The minimum Gasteiger partial charge on any atom is -0.438 e. The van der Waals surface area contributed by atoms with Gasteiger partial charge in [0.1, 0.15) is 11.6 Å². The van der Waals surface area contributed by atoms with Gasteiger partial charge in [0, 0.05) is 25.9 Å². The Kier molecular flexibility index (Phi) is 4.18. The fourth-order valence-electron chi connectivity index (χ4n) is 2.46.